The number of likely N-dealkylation sites (tertiary alicyclic amines) is 1. The van der Waals surface area contributed by atoms with Crippen molar-refractivity contribution in [3.8, 4) is 5.75 Å². The highest BCUT2D eigenvalue weighted by Crippen LogP contribution is 2.38. The van der Waals surface area contributed by atoms with E-state index in [1.165, 1.54) is 37.4 Å². The van der Waals surface area contributed by atoms with Crippen LogP contribution in [0.4, 0.5) is 10.5 Å². The molecule has 3 rings (SSSR count). The van der Waals surface area contributed by atoms with Crippen LogP contribution in [-0.4, -0.2) is 110 Å². The molecular weight excluding hydrogens is 898 g/mol. The zero-order valence-corrected chi connectivity index (χ0v) is 41.2. The second-order valence-corrected chi connectivity index (χ2v) is 19.6. The Balaban J connectivity index is 1.89. The number of anilines is 1. The quantitative estimate of drug-likeness (QED) is 0.0384. The van der Waals surface area contributed by atoms with E-state index in [2.05, 4.69) is 25.0 Å². The number of ketones is 1. The van der Waals surface area contributed by atoms with E-state index in [-0.39, 0.29) is 78.8 Å². The Hall–Kier alpha value is -4.75. The number of carboxylic acid groups (broad SMARTS) is 1. The van der Waals surface area contributed by atoms with Crippen LogP contribution in [-0.2, 0) is 44.2 Å². The Bertz CT molecular complexity index is 2060. The molecule has 1 aliphatic rings. The number of nitrogens with zero attached hydrogens (tertiary/aromatic N) is 3. The predicted octanol–water partition coefficient (Wildman–Crippen LogP) is 6.91. The van der Waals surface area contributed by atoms with E-state index >= 15 is 0 Å². The highest BCUT2D eigenvalue weighted by atomic mass is 32.1. The number of likely N-dealkylation sites (N-methyl/N-ethyl adjacent to an activating group) is 1. The Kier molecular flexibility index (Phi) is 21.9. The van der Waals surface area contributed by atoms with Crippen LogP contribution in [0.15, 0.2) is 23.6 Å². The van der Waals surface area contributed by atoms with E-state index in [1.54, 1.807) is 11.9 Å². The first-order chi connectivity index (χ1) is 30.9. The molecule has 21 heteroatoms. The number of piperidine rings is 1. The number of hydrogen-bond acceptors (Lipinski definition) is 14. The lowest BCUT2D eigenvalue weighted by molar-refractivity contribution is -0.149. The summed E-state index contributed by atoms with van der Waals surface area (Å²) in [5.41, 5.74) is 0.370. The summed E-state index contributed by atoms with van der Waals surface area (Å²) in [5.74, 6) is -4.89. The number of esters is 1. The molecule has 0 saturated carbocycles. The van der Waals surface area contributed by atoms with E-state index in [4.69, 9.17) is 19.3 Å². The van der Waals surface area contributed by atoms with Crippen LogP contribution in [0.2, 0.25) is 0 Å². The van der Waals surface area contributed by atoms with Gasteiger partial charge in [-0.2, -0.15) is 0 Å². The van der Waals surface area contributed by atoms with E-state index < -0.39 is 67.8 Å². The normalized spacial score (nSPS) is 17.1. The average molecular weight is 966 g/mol. The fraction of sp³-hybridized carbons (Fsp3) is 0.644. The zero-order valence-electron chi connectivity index (χ0n) is 39.4. The standard InChI is InChI=1S/C45H68N5O14PS/c1-10-12-16-40(53)47-33-22-30(17-18-38(33)63-45(58)64-65(59,60)61)21-31(20-28(6)44(56)57)46-41(54)34-25-66-42(48-34)39(62-29(7)51)24-36(26(3)4)50(9)43(55)32(27(5)11-2)23-37(52)35-15-13-14-19-49(35)8/h17-18,22,25-28,31-32,35-36,39H,10-16,19-21,23-24H2,1-9H3,(H,46,54)(H,47,53)(H,56,57)(H2,59,60,61)/t27-,28?,31+,32-,35?,36+,39+/m0/s1. The molecule has 5 N–H and O–H groups in total. The number of thiazole rings is 1. The third-order valence-corrected chi connectivity index (χ3v) is 13.3. The minimum atomic E-state index is -5.25. The molecular formula is C45H68N5O14PS. The Morgan fingerprint density at radius 1 is 1.05 bits per heavy atom. The van der Waals surface area contributed by atoms with Crippen LogP contribution in [0.1, 0.15) is 140 Å². The van der Waals surface area contributed by atoms with Gasteiger partial charge in [0.2, 0.25) is 11.8 Å². The van der Waals surface area contributed by atoms with Crippen molar-refractivity contribution in [2.45, 2.75) is 143 Å². The Morgan fingerprint density at radius 2 is 1.74 bits per heavy atom. The van der Waals surface area contributed by atoms with Crippen LogP contribution >= 0.6 is 19.2 Å². The highest BCUT2D eigenvalue weighted by molar-refractivity contribution is 7.46. The number of phosphoric ester groups is 1. The summed E-state index contributed by atoms with van der Waals surface area (Å²) in [5, 5.41) is 17.0. The molecule has 1 aromatic carbocycles. The Morgan fingerprint density at radius 3 is 2.33 bits per heavy atom. The number of carbonyl (C=O) groups is 7. The molecule has 0 spiro atoms. The van der Waals surface area contributed by atoms with Gasteiger partial charge in [-0.15, -0.1) is 11.3 Å². The van der Waals surface area contributed by atoms with E-state index in [9.17, 15) is 43.2 Å². The molecule has 0 aliphatic carbocycles. The number of benzene rings is 1. The first-order valence-corrected chi connectivity index (χ1v) is 24.9. The van der Waals surface area contributed by atoms with Crippen LogP contribution in [0.25, 0.3) is 0 Å². The maximum absolute atomic E-state index is 14.4. The second-order valence-electron chi connectivity index (χ2n) is 17.6. The number of aliphatic carboxylic acids is 1. The van der Waals surface area contributed by atoms with E-state index in [0.717, 1.165) is 37.1 Å². The maximum Gasteiger partial charge on any atom is 0.529 e. The van der Waals surface area contributed by atoms with Gasteiger partial charge in [0.15, 0.2) is 17.6 Å². The van der Waals surface area contributed by atoms with Crippen molar-refractivity contribution in [1.82, 2.24) is 20.1 Å². The van der Waals surface area contributed by atoms with Gasteiger partial charge in [-0.05, 0) is 75.2 Å². The van der Waals surface area contributed by atoms with Crippen molar-refractivity contribution in [3.05, 3.63) is 39.8 Å². The van der Waals surface area contributed by atoms with Crippen molar-refractivity contribution in [2.24, 2.45) is 23.7 Å². The summed E-state index contributed by atoms with van der Waals surface area (Å²) >= 11 is 1.08. The van der Waals surface area contributed by atoms with E-state index in [1.807, 2.05) is 41.7 Å². The number of ether oxygens (including phenoxy) is 2. The highest BCUT2D eigenvalue weighted by Gasteiger charge is 2.38. The topological polar surface area (TPSA) is 268 Å². The third-order valence-electron chi connectivity index (χ3n) is 12.0. The first-order valence-electron chi connectivity index (χ1n) is 22.5. The molecule has 7 atom stereocenters. The lowest BCUT2D eigenvalue weighted by Crippen LogP contribution is -2.48. The summed E-state index contributed by atoms with van der Waals surface area (Å²) in [4.78, 5) is 118. The molecule has 3 amide bonds. The number of hydrogen-bond donors (Lipinski definition) is 5. The summed E-state index contributed by atoms with van der Waals surface area (Å²) in [6.45, 7) is 13.3. The van der Waals surface area contributed by atoms with Crippen LogP contribution in [0.5, 0.6) is 5.75 Å². The number of aromatic nitrogens is 1. The maximum atomic E-state index is 14.4. The van der Waals surface area contributed by atoms with Gasteiger partial charge in [-0.25, -0.2) is 14.3 Å². The van der Waals surface area contributed by atoms with Crippen LogP contribution in [0, 0.1) is 23.7 Å². The van der Waals surface area contributed by atoms with Gasteiger partial charge in [0.05, 0.1) is 17.6 Å². The first kappa shape index (κ1) is 55.6. The number of amides is 3. The molecule has 1 aliphatic heterocycles. The van der Waals surface area contributed by atoms with Crippen molar-refractivity contribution < 1.29 is 67.0 Å². The fourth-order valence-corrected chi connectivity index (χ4v) is 9.09. The molecule has 368 valence electrons. The number of carbonyl (C=O) groups excluding carboxylic acids is 6. The summed E-state index contributed by atoms with van der Waals surface area (Å²) in [6.07, 6.45) is 2.37. The lowest BCUT2D eigenvalue weighted by Gasteiger charge is -2.37. The molecule has 1 saturated heterocycles. The molecule has 2 heterocycles. The van der Waals surface area contributed by atoms with E-state index in [0.29, 0.717) is 29.8 Å². The van der Waals surface area contributed by atoms with Crippen molar-refractivity contribution >= 4 is 66.4 Å². The van der Waals surface area contributed by atoms with Crippen LogP contribution in [0.3, 0.4) is 0 Å². The zero-order chi connectivity index (χ0) is 49.5. The Labute approximate surface area is 391 Å². The third kappa shape index (κ3) is 17.5. The smallest absolute Gasteiger partial charge is 0.481 e. The van der Waals surface area contributed by atoms with Gasteiger partial charge in [-0.3, -0.25) is 43.5 Å². The van der Waals surface area contributed by atoms with Gasteiger partial charge < -0.3 is 34.6 Å². The van der Waals surface area contributed by atoms with Gasteiger partial charge in [-0.1, -0.05) is 66.9 Å². The lowest BCUT2D eigenvalue weighted by atomic mass is 9.83. The SMILES string of the molecule is CCCCC(=O)Nc1cc(C[C@@H](CC(C)C(=O)O)NC(=O)c2csc([C@@H](C[C@H](C(C)C)N(C)C(=O)[C@@H](CC(=O)C3CCCCN3C)[C@@H](C)CC)OC(C)=O)n2)ccc1OC(=O)OP(=O)(O)O. The number of nitrogens with one attached hydrogen (secondary N) is 2. The largest absolute Gasteiger partial charge is 0.529 e. The molecule has 2 aromatic rings. The summed E-state index contributed by atoms with van der Waals surface area (Å²) < 4.78 is 26.0. The number of rotatable bonds is 25. The van der Waals surface area contributed by atoms with Crippen LogP contribution < -0.4 is 15.4 Å². The molecule has 1 fully saturated rings. The molecule has 0 bridgehead atoms. The molecule has 1 aromatic heterocycles. The second kappa shape index (κ2) is 26.0. The monoisotopic (exact) mass is 965 g/mol. The predicted molar refractivity (Wildman–Crippen MR) is 246 cm³/mol. The minimum absolute atomic E-state index is 0.0124. The van der Waals surface area contributed by atoms with Gasteiger partial charge in [0.1, 0.15) is 10.7 Å². The molecule has 2 unspecified atom stereocenters. The van der Waals surface area contributed by atoms with Crippen molar-refractivity contribution in [1.29, 1.82) is 0 Å². The number of Topliss-reactive ketones (excluding diaryl/α,β-unsaturated/α-hetero) is 1. The molecule has 0 radical (unpaired) electrons. The number of carboxylic acids is 1. The van der Waals surface area contributed by atoms with Crippen molar-refractivity contribution in [3.63, 3.8) is 0 Å². The van der Waals surface area contributed by atoms with Gasteiger partial charge >= 0.3 is 25.9 Å². The molecule has 19 nitrogen and oxygen atoms in total. The fourth-order valence-electron chi connectivity index (χ4n) is 8.02. The average Bonchev–Trinajstić information content (AvgIpc) is 3.73. The van der Waals surface area contributed by atoms with Gasteiger partial charge in [0.25, 0.3) is 5.91 Å². The number of unbranched alkanes of at least 4 members (excludes halogenated alkanes) is 1. The number of phosphoric acid groups is 1. The summed E-state index contributed by atoms with van der Waals surface area (Å²) in [7, 11) is -1.60. The minimum Gasteiger partial charge on any atom is -0.481 e. The summed E-state index contributed by atoms with van der Waals surface area (Å²) in [6, 6.07) is 2.62. The molecule has 66 heavy (non-hydrogen) atoms. The van der Waals surface area contributed by atoms with Crippen molar-refractivity contribution in [2.75, 3.05) is 26.0 Å². The van der Waals surface area contributed by atoms with Gasteiger partial charge in [0, 0.05) is 56.6 Å².